The Morgan fingerprint density at radius 3 is 2.89 bits per heavy atom. The van der Waals surface area contributed by atoms with Crippen molar-refractivity contribution < 1.29 is 23.7 Å². The van der Waals surface area contributed by atoms with Crippen molar-refractivity contribution in [3.05, 3.63) is 23.8 Å². The van der Waals surface area contributed by atoms with Crippen LogP contribution in [0.25, 0.3) is 0 Å². The van der Waals surface area contributed by atoms with Gasteiger partial charge in [0.25, 0.3) is 0 Å². The predicted molar refractivity (Wildman–Crippen MR) is 104 cm³/mol. The van der Waals surface area contributed by atoms with Crippen molar-refractivity contribution in [2.75, 3.05) is 46.2 Å². The van der Waals surface area contributed by atoms with Gasteiger partial charge in [-0.15, -0.1) is 0 Å². The quantitative estimate of drug-likeness (QED) is 0.713. The average Bonchev–Trinajstić information content (AvgIpc) is 3.28. The van der Waals surface area contributed by atoms with Gasteiger partial charge in [0.2, 0.25) is 6.79 Å². The monoisotopic (exact) mass is 390 g/mol. The molecule has 1 atom stereocenters. The van der Waals surface area contributed by atoms with Gasteiger partial charge in [0.05, 0.1) is 18.8 Å². The summed E-state index contributed by atoms with van der Waals surface area (Å²) >= 11 is 0. The minimum atomic E-state index is -0.242. The van der Waals surface area contributed by atoms with Gasteiger partial charge in [-0.3, -0.25) is 4.90 Å². The summed E-state index contributed by atoms with van der Waals surface area (Å²) in [6.45, 7) is 8.83. The number of benzene rings is 1. The fourth-order valence-electron chi connectivity index (χ4n) is 4.47. The fraction of sp³-hybridized carbons (Fsp3) is 0.667. The highest BCUT2D eigenvalue weighted by molar-refractivity contribution is 5.68. The zero-order valence-electron chi connectivity index (χ0n) is 16.8. The molecule has 0 bridgehead atoms. The summed E-state index contributed by atoms with van der Waals surface area (Å²) < 4.78 is 21.8. The summed E-state index contributed by atoms with van der Waals surface area (Å²) in [5, 5.41) is 0. The van der Waals surface area contributed by atoms with Crippen molar-refractivity contribution in [1.29, 1.82) is 0 Å². The first kappa shape index (κ1) is 19.3. The second-order valence-electron chi connectivity index (χ2n) is 7.95. The van der Waals surface area contributed by atoms with Gasteiger partial charge in [0.1, 0.15) is 6.61 Å². The lowest BCUT2D eigenvalue weighted by Gasteiger charge is -2.45. The number of likely N-dealkylation sites (N-methyl/N-ethyl adjacent to an activating group) is 1. The van der Waals surface area contributed by atoms with E-state index in [2.05, 4.69) is 11.8 Å². The third-order valence-corrected chi connectivity index (χ3v) is 6.14. The van der Waals surface area contributed by atoms with Gasteiger partial charge in [-0.25, -0.2) is 4.79 Å². The molecule has 4 rings (SSSR count). The number of carbonyl (C=O) groups excluding carboxylic acids is 1. The highest BCUT2D eigenvalue weighted by Gasteiger charge is 2.46. The summed E-state index contributed by atoms with van der Waals surface area (Å²) in [7, 11) is 0. The van der Waals surface area contributed by atoms with Gasteiger partial charge >= 0.3 is 6.09 Å². The van der Waals surface area contributed by atoms with Crippen molar-refractivity contribution in [3.8, 4) is 11.5 Å². The summed E-state index contributed by atoms with van der Waals surface area (Å²) in [6, 6.07) is 5.98. The SMILES string of the molecule is CCN(C(=O)OCCN1CCCC12COC2)C(C)Cc1ccc2c(c1)OCO2. The maximum absolute atomic E-state index is 12.6. The standard InChI is InChI=1S/C21H30N2O5/c1-3-23(16(2)11-17-5-6-18-19(12-17)28-15-27-18)20(24)26-10-9-22-8-4-7-21(22)13-25-14-21/h5-6,12,16H,3-4,7-11,13-15H2,1-2H3. The van der Waals surface area contributed by atoms with Crippen LogP contribution in [0.1, 0.15) is 32.3 Å². The molecule has 3 heterocycles. The predicted octanol–water partition coefficient (Wildman–Crippen LogP) is 2.67. The Balaban J connectivity index is 1.27. The Morgan fingerprint density at radius 2 is 2.14 bits per heavy atom. The highest BCUT2D eigenvalue weighted by Crippen LogP contribution is 2.35. The number of likely N-dealkylation sites (tertiary alicyclic amines) is 1. The molecule has 154 valence electrons. The van der Waals surface area contributed by atoms with Crippen LogP contribution in [0, 0.1) is 0 Å². The van der Waals surface area contributed by atoms with Gasteiger partial charge in [-0.05, 0) is 57.4 Å². The molecular formula is C21H30N2O5. The first-order valence-corrected chi connectivity index (χ1v) is 10.3. The maximum Gasteiger partial charge on any atom is 0.410 e. The van der Waals surface area contributed by atoms with Crippen molar-refractivity contribution in [3.63, 3.8) is 0 Å². The summed E-state index contributed by atoms with van der Waals surface area (Å²) in [6.07, 6.45) is 2.89. The van der Waals surface area contributed by atoms with E-state index in [-0.39, 0.29) is 24.5 Å². The highest BCUT2D eigenvalue weighted by atomic mass is 16.7. The first-order chi connectivity index (χ1) is 13.6. The minimum Gasteiger partial charge on any atom is -0.454 e. The van der Waals surface area contributed by atoms with Crippen molar-refractivity contribution in [1.82, 2.24) is 9.80 Å². The Hall–Kier alpha value is -1.99. The molecule has 2 fully saturated rings. The smallest absolute Gasteiger partial charge is 0.410 e. The molecule has 3 aliphatic heterocycles. The lowest BCUT2D eigenvalue weighted by molar-refractivity contribution is -0.125. The van der Waals surface area contributed by atoms with Crippen LogP contribution in [0.5, 0.6) is 11.5 Å². The molecule has 0 aromatic heterocycles. The Morgan fingerprint density at radius 1 is 1.32 bits per heavy atom. The molecule has 7 nitrogen and oxygen atoms in total. The van der Waals surface area contributed by atoms with Crippen LogP contribution >= 0.6 is 0 Å². The molecule has 1 spiro atoms. The van der Waals surface area contributed by atoms with E-state index in [4.69, 9.17) is 18.9 Å². The number of hydrogen-bond donors (Lipinski definition) is 0. The zero-order chi connectivity index (χ0) is 19.6. The largest absolute Gasteiger partial charge is 0.454 e. The van der Waals surface area contributed by atoms with Gasteiger partial charge in [0.15, 0.2) is 11.5 Å². The van der Waals surface area contributed by atoms with E-state index in [0.29, 0.717) is 13.2 Å². The summed E-state index contributed by atoms with van der Waals surface area (Å²) in [5.41, 5.74) is 1.33. The van der Waals surface area contributed by atoms with Crippen molar-refractivity contribution in [2.45, 2.75) is 44.7 Å². The van der Waals surface area contributed by atoms with E-state index in [1.54, 1.807) is 4.90 Å². The van der Waals surface area contributed by atoms with E-state index >= 15 is 0 Å². The molecule has 28 heavy (non-hydrogen) atoms. The molecule has 1 aromatic rings. The lowest BCUT2D eigenvalue weighted by atomic mass is 9.94. The molecule has 3 aliphatic rings. The van der Waals surface area contributed by atoms with Crippen LogP contribution in [0.15, 0.2) is 18.2 Å². The molecule has 0 N–H and O–H groups in total. The van der Waals surface area contributed by atoms with E-state index < -0.39 is 0 Å². The number of carbonyl (C=O) groups is 1. The van der Waals surface area contributed by atoms with Crippen LogP contribution in [-0.2, 0) is 15.9 Å². The van der Waals surface area contributed by atoms with Gasteiger partial charge in [-0.2, -0.15) is 0 Å². The third kappa shape index (κ3) is 3.78. The molecule has 2 saturated heterocycles. The third-order valence-electron chi connectivity index (χ3n) is 6.14. The maximum atomic E-state index is 12.6. The normalized spacial score (nSPS) is 20.8. The van der Waals surface area contributed by atoms with Crippen LogP contribution in [0.2, 0.25) is 0 Å². The number of fused-ring (bicyclic) bond motifs is 1. The van der Waals surface area contributed by atoms with E-state index in [9.17, 15) is 4.79 Å². The van der Waals surface area contributed by atoms with Gasteiger partial charge < -0.3 is 23.8 Å². The average molecular weight is 390 g/mol. The lowest BCUT2D eigenvalue weighted by Crippen LogP contribution is -2.59. The van der Waals surface area contributed by atoms with Crippen LogP contribution in [0.3, 0.4) is 0 Å². The molecule has 0 radical (unpaired) electrons. The van der Waals surface area contributed by atoms with Crippen molar-refractivity contribution >= 4 is 6.09 Å². The summed E-state index contributed by atoms with van der Waals surface area (Å²) in [5.74, 6) is 1.55. The molecular weight excluding hydrogens is 360 g/mol. The number of rotatable bonds is 7. The second-order valence-corrected chi connectivity index (χ2v) is 7.95. The number of ether oxygens (including phenoxy) is 4. The molecule has 1 unspecified atom stereocenters. The molecule has 7 heteroatoms. The Labute approximate surface area is 166 Å². The minimum absolute atomic E-state index is 0.0380. The molecule has 1 aromatic carbocycles. The second kappa shape index (κ2) is 8.17. The van der Waals surface area contributed by atoms with Gasteiger partial charge in [0, 0.05) is 19.1 Å². The number of amides is 1. The van der Waals surface area contributed by atoms with E-state index in [0.717, 1.165) is 49.8 Å². The molecule has 0 saturated carbocycles. The zero-order valence-corrected chi connectivity index (χ0v) is 16.8. The van der Waals surface area contributed by atoms with Crippen molar-refractivity contribution in [2.24, 2.45) is 0 Å². The molecule has 0 aliphatic carbocycles. The van der Waals surface area contributed by atoms with Crippen LogP contribution in [-0.4, -0.2) is 73.7 Å². The Kier molecular flexibility index (Phi) is 5.64. The van der Waals surface area contributed by atoms with Crippen LogP contribution < -0.4 is 9.47 Å². The first-order valence-electron chi connectivity index (χ1n) is 10.3. The van der Waals surface area contributed by atoms with Gasteiger partial charge in [-0.1, -0.05) is 6.07 Å². The fourth-order valence-corrected chi connectivity index (χ4v) is 4.47. The number of nitrogens with zero attached hydrogens (tertiary/aromatic N) is 2. The van der Waals surface area contributed by atoms with E-state index in [1.807, 2.05) is 25.1 Å². The molecule has 1 amide bonds. The van der Waals surface area contributed by atoms with E-state index in [1.165, 1.54) is 12.8 Å². The van der Waals surface area contributed by atoms with Crippen LogP contribution in [0.4, 0.5) is 4.79 Å². The number of hydrogen-bond acceptors (Lipinski definition) is 6. The summed E-state index contributed by atoms with van der Waals surface area (Å²) in [4.78, 5) is 16.8. The Bertz CT molecular complexity index is 706. The topological polar surface area (TPSA) is 60.5 Å².